The molecule has 6 nitrogen and oxygen atoms in total. The predicted molar refractivity (Wildman–Crippen MR) is 100.0 cm³/mol. The molecule has 0 aliphatic rings. The van der Waals surface area contributed by atoms with E-state index in [1.165, 1.54) is 4.90 Å². The summed E-state index contributed by atoms with van der Waals surface area (Å²) in [6.45, 7) is 0. The first-order valence-electron chi connectivity index (χ1n) is 8.10. The van der Waals surface area contributed by atoms with Crippen LogP contribution in [0.2, 0.25) is 0 Å². The highest BCUT2D eigenvalue weighted by molar-refractivity contribution is 5.86. The number of carbonyl (C=O) groups excluding carboxylic acids is 1. The maximum atomic E-state index is 11.1. The number of carbonyl (C=O) groups is 1. The van der Waals surface area contributed by atoms with Crippen molar-refractivity contribution in [2.75, 3.05) is 19.1 Å². The molecule has 0 fully saturated rings. The third-order valence-electron chi connectivity index (χ3n) is 4.21. The standard InChI is InChI=1S/C20H19N3O3/c1-23(12-24)18-8-13(5-6-19(18)25-2)14-3-4-15-7-17(10-16(22)11-21)26-20(15)9-14/h3-9,12,16H,10,22H2,1-2H3. The number of methoxy groups -OCH3 is 1. The van der Waals surface area contributed by atoms with Crippen LogP contribution in [0.4, 0.5) is 5.69 Å². The third kappa shape index (κ3) is 3.39. The van der Waals surface area contributed by atoms with E-state index in [4.69, 9.17) is 20.1 Å². The lowest BCUT2D eigenvalue weighted by molar-refractivity contribution is -0.107. The summed E-state index contributed by atoms with van der Waals surface area (Å²) in [7, 11) is 3.24. The SMILES string of the molecule is COc1ccc(-c2ccc3cc(CC(N)C#N)oc3c2)cc1N(C)C=O. The molecule has 2 aromatic carbocycles. The van der Waals surface area contributed by atoms with Gasteiger partial charge in [-0.05, 0) is 35.4 Å². The van der Waals surface area contributed by atoms with Crippen LogP contribution < -0.4 is 15.4 Å². The second-order valence-electron chi connectivity index (χ2n) is 6.01. The number of ether oxygens (including phenoxy) is 1. The maximum Gasteiger partial charge on any atom is 0.213 e. The Morgan fingerprint density at radius 1 is 1.27 bits per heavy atom. The summed E-state index contributed by atoms with van der Waals surface area (Å²) in [4.78, 5) is 12.6. The number of nitriles is 1. The molecule has 1 amide bonds. The van der Waals surface area contributed by atoms with Crippen molar-refractivity contribution in [3.63, 3.8) is 0 Å². The van der Waals surface area contributed by atoms with Gasteiger partial charge in [-0.1, -0.05) is 18.2 Å². The minimum absolute atomic E-state index is 0.372. The van der Waals surface area contributed by atoms with E-state index in [-0.39, 0.29) is 0 Å². The fourth-order valence-electron chi connectivity index (χ4n) is 2.83. The molecular formula is C20H19N3O3. The highest BCUT2D eigenvalue weighted by atomic mass is 16.5. The quantitative estimate of drug-likeness (QED) is 0.690. The number of nitrogens with zero attached hydrogens (tertiary/aromatic N) is 2. The zero-order valence-electron chi connectivity index (χ0n) is 14.6. The number of hydrogen-bond donors (Lipinski definition) is 1. The van der Waals surface area contributed by atoms with Gasteiger partial charge in [-0.25, -0.2) is 0 Å². The van der Waals surface area contributed by atoms with Crippen LogP contribution in [0.3, 0.4) is 0 Å². The summed E-state index contributed by atoms with van der Waals surface area (Å²) >= 11 is 0. The molecule has 0 saturated carbocycles. The number of fused-ring (bicyclic) bond motifs is 1. The smallest absolute Gasteiger partial charge is 0.213 e. The minimum Gasteiger partial charge on any atom is -0.495 e. The van der Waals surface area contributed by atoms with Gasteiger partial charge in [-0.15, -0.1) is 0 Å². The van der Waals surface area contributed by atoms with Crippen LogP contribution >= 0.6 is 0 Å². The van der Waals surface area contributed by atoms with Crippen LogP contribution in [-0.2, 0) is 11.2 Å². The van der Waals surface area contributed by atoms with Crippen LogP contribution in [0.15, 0.2) is 46.9 Å². The van der Waals surface area contributed by atoms with E-state index < -0.39 is 6.04 Å². The largest absolute Gasteiger partial charge is 0.495 e. The van der Waals surface area contributed by atoms with Crippen LogP contribution in [0, 0.1) is 11.3 Å². The molecule has 0 aliphatic heterocycles. The molecule has 6 heteroatoms. The lowest BCUT2D eigenvalue weighted by atomic mass is 10.0. The van der Waals surface area contributed by atoms with Gasteiger partial charge < -0.3 is 19.8 Å². The summed E-state index contributed by atoms with van der Waals surface area (Å²) in [5.74, 6) is 1.30. The molecule has 26 heavy (non-hydrogen) atoms. The van der Waals surface area contributed by atoms with Crippen molar-refractivity contribution in [3.05, 3.63) is 48.2 Å². The van der Waals surface area contributed by atoms with E-state index >= 15 is 0 Å². The van der Waals surface area contributed by atoms with Gasteiger partial charge in [0.05, 0.1) is 24.9 Å². The summed E-state index contributed by atoms with van der Waals surface area (Å²) in [5.41, 5.74) is 8.96. The van der Waals surface area contributed by atoms with Crippen molar-refractivity contribution >= 4 is 23.1 Å². The summed E-state index contributed by atoms with van der Waals surface area (Å²) in [5, 5.41) is 9.79. The first kappa shape index (κ1) is 17.5. The number of rotatable bonds is 6. The van der Waals surface area contributed by atoms with Crippen LogP contribution in [0.25, 0.3) is 22.1 Å². The van der Waals surface area contributed by atoms with Crippen molar-refractivity contribution in [1.29, 1.82) is 5.26 Å². The first-order chi connectivity index (χ1) is 12.5. The molecule has 0 bridgehead atoms. The molecule has 1 atom stereocenters. The van der Waals surface area contributed by atoms with E-state index in [0.717, 1.165) is 28.5 Å². The van der Waals surface area contributed by atoms with Crippen molar-refractivity contribution in [1.82, 2.24) is 0 Å². The molecule has 0 saturated heterocycles. The molecule has 3 aromatic rings. The third-order valence-corrected chi connectivity index (χ3v) is 4.21. The predicted octanol–water partition coefficient (Wildman–Crippen LogP) is 3.09. The van der Waals surface area contributed by atoms with Gasteiger partial charge >= 0.3 is 0 Å². The Morgan fingerprint density at radius 2 is 2.00 bits per heavy atom. The second kappa shape index (κ2) is 7.30. The molecule has 1 heterocycles. The number of amides is 1. The van der Waals surface area contributed by atoms with Crippen molar-refractivity contribution in [2.45, 2.75) is 12.5 Å². The molecule has 1 unspecified atom stereocenters. The summed E-state index contributed by atoms with van der Waals surface area (Å²) in [6.07, 6.45) is 1.11. The highest BCUT2D eigenvalue weighted by Crippen LogP contribution is 2.34. The Balaban J connectivity index is 2.00. The van der Waals surface area contributed by atoms with E-state index in [1.54, 1.807) is 14.2 Å². The van der Waals surface area contributed by atoms with E-state index in [0.29, 0.717) is 23.6 Å². The van der Waals surface area contributed by atoms with E-state index in [9.17, 15) is 4.79 Å². The average Bonchev–Trinajstić information content (AvgIpc) is 3.07. The Morgan fingerprint density at radius 3 is 2.69 bits per heavy atom. The zero-order chi connectivity index (χ0) is 18.7. The minimum atomic E-state index is -0.585. The maximum absolute atomic E-state index is 11.1. The number of furan rings is 1. The number of nitrogens with two attached hydrogens (primary N) is 1. The molecule has 2 N–H and O–H groups in total. The zero-order valence-corrected chi connectivity index (χ0v) is 14.6. The Labute approximate surface area is 151 Å². The number of anilines is 1. The van der Waals surface area contributed by atoms with Gasteiger partial charge in [0.2, 0.25) is 6.41 Å². The van der Waals surface area contributed by atoms with Gasteiger partial charge in [-0.3, -0.25) is 4.79 Å². The van der Waals surface area contributed by atoms with E-state index in [1.807, 2.05) is 48.5 Å². The number of hydrogen-bond acceptors (Lipinski definition) is 5. The lowest BCUT2D eigenvalue weighted by Crippen LogP contribution is -2.19. The molecular weight excluding hydrogens is 330 g/mol. The fourth-order valence-corrected chi connectivity index (χ4v) is 2.83. The van der Waals surface area contributed by atoms with Gasteiger partial charge in [0.25, 0.3) is 0 Å². The Kier molecular flexibility index (Phi) is 4.92. The van der Waals surface area contributed by atoms with Gasteiger partial charge in [0.15, 0.2) is 0 Å². The normalized spacial score (nSPS) is 11.8. The molecule has 3 rings (SSSR count). The van der Waals surface area contributed by atoms with Crippen molar-refractivity contribution < 1.29 is 13.9 Å². The lowest BCUT2D eigenvalue weighted by Gasteiger charge is -2.16. The highest BCUT2D eigenvalue weighted by Gasteiger charge is 2.12. The summed E-state index contributed by atoms with van der Waals surface area (Å²) < 4.78 is 11.1. The van der Waals surface area contributed by atoms with Crippen LogP contribution in [0.1, 0.15) is 5.76 Å². The van der Waals surface area contributed by atoms with Gasteiger partial charge in [0, 0.05) is 18.9 Å². The van der Waals surface area contributed by atoms with Crippen molar-refractivity contribution in [2.24, 2.45) is 5.73 Å². The monoisotopic (exact) mass is 349 g/mol. The van der Waals surface area contributed by atoms with E-state index in [2.05, 4.69) is 0 Å². The topological polar surface area (TPSA) is 92.5 Å². The molecule has 132 valence electrons. The molecule has 0 aliphatic carbocycles. The van der Waals surface area contributed by atoms with Gasteiger partial charge in [0.1, 0.15) is 17.1 Å². The summed E-state index contributed by atoms with van der Waals surface area (Å²) in [6, 6.07) is 14.8. The van der Waals surface area contributed by atoms with Crippen LogP contribution in [0.5, 0.6) is 5.75 Å². The fraction of sp³-hybridized carbons (Fsp3) is 0.200. The molecule has 0 radical (unpaired) electrons. The Hall–Kier alpha value is -3.30. The molecule has 0 spiro atoms. The van der Waals surface area contributed by atoms with Gasteiger partial charge in [-0.2, -0.15) is 5.26 Å². The Bertz CT molecular complexity index is 988. The molecule has 1 aromatic heterocycles. The average molecular weight is 349 g/mol. The number of benzene rings is 2. The first-order valence-corrected chi connectivity index (χ1v) is 8.10. The van der Waals surface area contributed by atoms with Crippen molar-refractivity contribution in [3.8, 4) is 22.9 Å². The van der Waals surface area contributed by atoms with Crippen LogP contribution in [-0.4, -0.2) is 26.6 Å². The second-order valence-corrected chi connectivity index (χ2v) is 6.01.